The summed E-state index contributed by atoms with van der Waals surface area (Å²) in [5, 5.41) is 6.30. The molecular formula is C30H39N3O6S. The van der Waals surface area contributed by atoms with Crippen LogP contribution in [-0.2, 0) is 16.0 Å². The maximum absolute atomic E-state index is 13.7. The van der Waals surface area contributed by atoms with Crippen molar-refractivity contribution in [1.82, 2.24) is 10.2 Å². The molecule has 2 aliphatic rings. The summed E-state index contributed by atoms with van der Waals surface area (Å²) in [7, 11) is 4.70. The van der Waals surface area contributed by atoms with Crippen LogP contribution in [0.2, 0.25) is 0 Å². The lowest BCUT2D eigenvalue weighted by Gasteiger charge is -2.32. The molecule has 216 valence electrons. The summed E-state index contributed by atoms with van der Waals surface area (Å²) in [6, 6.07) is 6.14. The van der Waals surface area contributed by atoms with E-state index in [2.05, 4.69) is 10.6 Å². The second kappa shape index (κ2) is 12.8. The molecule has 2 aromatic carbocycles. The molecule has 1 aliphatic carbocycles. The molecule has 2 N–H and O–H groups in total. The molecule has 2 aromatic rings. The number of benzene rings is 1. The number of carbonyl (C=O) groups excluding carboxylic acids is 2. The summed E-state index contributed by atoms with van der Waals surface area (Å²) in [5.41, 5.74) is 3.23. The number of hydrogen-bond acceptors (Lipinski definition) is 8. The van der Waals surface area contributed by atoms with Gasteiger partial charge in [-0.25, -0.2) is 0 Å². The largest absolute Gasteiger partial charge is 0.493 e. The van der Waals surface area contributed by atoms with E-state index < -0.39 is 12.1 Å². The standard InChI is InChI=1S/C30H39N3O6S/c1-17(2)27(30(36)33-11-13-40-14-12-33)32-23-10-8-20-21(16-24(23)35)22(31-18(3)34)9-7-19-15-25(37-4)28(38-5)29(39-6)26(19)20/h8,10,15-17,22,27H,7,9,11-14H2,1-6H3,(H,31,34)(H,32,35)/t22-,27-/m1/s1. The van der Waals surface area contributed by atoms with Crippen molar-refractivity contribution in [2.75, 3.05) is 51.2 Å². The van der Waals surface area contributed by atoms with E-state index in [4.69, 9.17) is 14.2 Å². The Morgan fingerprint density at radius 2 is 1.73 bits per heavy atom. The third kappa shape index (κ3) is 6.01. The second-order valence-corrected chi connectivity index (χ2v) is 11.6. The number of carbonyl (C=O) groups is 2. The van der Waals surface area contributed by atoms with Gasteiger partial charge in [-0.3, -0.25) is 14.4 Å². The van der Waals surface area contributed by atoms with Crippen molar-refractivity contribution in [3.63, 3.8) is 0 Å². The molecule has 40 heavy (non-hydrogen) atoms. The number of amides is 2. The Labute approximate surface area is 239 Å². The van der Waals surface area contributed by atoms with Crippen LogP contribution in [0.15, 0.2) is 29.1 Å². The van der Waals surface area contributed by atoms with E-state index in [1.54, 1.807) is 33.5 Å². The molecule has 0 saturated carbocycles. The average molecular weight is 570 g/mol. The van der Waals surface area contributed by atoms with Gasteiger partial charge in [0.05, 0.1) is 33.1 Å². The Kier molecular flexibility index (Phi) is 9.50. The Bertz CT molecular complexity index is 1330. The lowest BCUT2D eigenvalue weighted by atomic mass is 9.95. The third-order valence-corrected chi connectivity index (χ3v) is 8.42. The van der Waals surface area contributed by atoms with Crippen molar-refractivity contribution in [2.24, 2.45) is 5.92 Å². The van der Waals surface area contributed by atoms with Crippen LogP contribution >= 0.6 is 11.8 Å². The minimum absolute atomic E-state index is 0.00254. The zero-order valence-electron chi connectivity index (χ0n) is 24.1. The molecule has 1 heterocycles. The second-order valence-electron chi connectivity index (χ2n) is 10.4. The van der Waals surface area contributed by atoms with Crippen LogP contribution in [-0.4, -0.2) is 68.7 Å². The lowest BCUT2D eigenvalue weighted by molar-refractivity contribution is -0.132. The van der Waals surface area contributed by atoms with Crippen LogP contribution in [0.5, 0.6) is 17.2 Å². The van der Waals surface area contributed by atoms with Crippen molar-refractivity contribution < 1.29 is 23.8 Å². The first-order valence-electron chi connectivity index (χ1n) is 13.6. The molecule has 4 rings (SSSR count). The van der Waals surface area contributed by atoms with Gasteiger partial charge in [-0.1, -0.05) is 19.9 Å². The number of ether oxygens (including phenoxy) is 3. The highest BCUT2D eigenvalue weighted by Gasteiger charge is 2.31. The van der Waals surface area contributed by atoms with Crippen LogP contribution in [0.3, 0.4) is 0 Å². The maximum Gasteiger partial charge on any atom is 0.245 e. The van der Waals surface area contributed by atoms with Gasteiger partial charge in [0.2, 0.25) is 23.0 Å². The Morgan fingerprint density at radius 1 is 1.02 bits per heavy atom. The molecule has 1 aliphatic heterocycles. The van der Waals surface area contributed by atoms with Crippen LogP contribution < -0.4 is 30.3 Å². The van der Waals surface area contributed by atoms with Gasteiger partial charge in [-0.15, -0.1) is 0 Å². The Morgan fingerprint density at radius 3 is 2.33 bits per heavy atom. The van der Waals surface area contributed by atoms with E-state index in [9.17, 15) is 14.4 Å². The molecule has 2 atom stereocenters. The summed E-state index contributed by atoms with van der Waals surface area (Å²) >= 11 is 1.84. The third-order valence-electron chi connectivity index (χ3n) is 7.48. The normalized spacial score (nSPS) is 17.2. The highest BCUT2D eigenvalue weighted by molar-refractivity contribution is 7.99. The van der Waals surface area contributed by atoms with Crippen molar-refractivity contribution in [2.45, 2.75) is 45.7 Å². The average Bonchev–Trinajstić information content (AvgIpc) is 3.18. The van der Waals surface area contributed by atoms with Gasteiger partial charge in [0.25, 0.3) is 0 Å². The first-order valence-corrected chi connectivity index (χ1v) is 14.8. The highest BCUT2D eigenvalue weighted by Crippen LogP contribution is 2.50. The fourth-order valence-electron chi connectivity index (χ4n) is 5.49. The van der Waals surface area contributed by atoms with E-state index in [0.29, 0.717) is 54.4 Å². The summed E-state index contributed by atoms with van der Waals surface area (Å²) in [5.74, 6) is 3.09. The first-order chi connectivity index (χ1) is 19.2. The van der Waals surface area contributed by atoms with Crippen molar-refractivity contribution in [1.29, 1.82) is 0 Å². The minimum atomic E-state index is -0.546. The maximum atomic E-state index is 13.7. The number of rotatable bonds is 8. The smallest absolute Gasteiger partial charge is 0.245 e. The van der Waals surface area contributed by atoms with E-state index >= 15 is 0 Å². The van der Waals surface area contributed by atoms with E-state index in [1.165, 1.54) is 6.92 Å². The number of thioether (sulfide) groups is 1. The molecule has 9 nitrogen and oxygen atoms in total. The van der Waals surface area contributed by atoms with Gasteiger partial charge in [-0.05, 0) is 53.6 Å². The van der Waals surface area contributed by atoms with Gasteiger partial charge in [0.1, 0.15) is 6.04 Å². The van der Waals surface area contributed by atoms with Crippen LogP contribution in [0.4, 0.5) is 5.69 Å². The molecule has 0 spiro atoms. The van der Waals surface area contributed by atoms with E-state index in [1.807, 2.05) is 42.6 Å². The zero-order chi connectivity index (χ0) is 29.0. The van der Waals surface area contributed by atoms with Gasteiger partial charge in [-0.2, -0.15) is 11.8 Å². The molecule has 1 saturated heterocycles. The number of nitrogens with one attached hydrogen (secondary N) is 2. The van der Waals surface area contributed by atoms with Crippen LogP contribution in [0.25, 0.3) is 11.1 Å². The molecule has 0 unspecified atom stereocenters. The van der Waals surface area contributed by atoms with E-state index in [-0.39, 0.29) is 23.2 Å². The summed E-state index contributed by atoms with van der Waals surface area (Å²) in [4.78, 5) is 41.2. The zero-order valence-corrected chi connectivity index (χ0v) is 24.9. The summed E-state index contributed by atoms with van der Waals surface area (Å²) < 4.78 is 17.1. The monoisotopic (exact) mass is 569 g/mol. The molecule has 10 heteroatoms. The van der Waals surface area contributed by atoms with Gasteiger partial charge in [0.15, 0.2) is 11.5 Å². The predicted molar refractivity (Wildman–Crippen MR) is 159 cm³/mol. The first kappa shape index (κ1) is 29.6. The van der Waals surface area contributed by atoms with E-state index in [0.717, 1.165) is 28.2 Å². The predicted octanol–water partition coefficient (Wildman–Crippen LogP) is 3.87. The Balaban J connectivity index is 1.88. The minimum Gasteiger partial charge on any atom is -0.493 e. The molecule has 0 aromatic heterocycles. The number of hydrogen-bond donors (Lipinski definition) is 2. The number of fused-ring (bicyclic) bond motifs is 3. The fraction of sp³-hybridized carbons (Fsp3) is 0.500. The molecular weight excluding hydrogens is 530 g/mol. The van der Waals surface area contributed by atoms with Gasteiger partial charge in [0, 0.05) is 37.1 Å². The van der Waals surface area contributed by atoms with Gasteiger partial charge < -0.3 is 29.7 Å². The summed E-state index contributed by atoms with van der Waals surface area (Å²) in [6.07, 6.45) is 1.19. The fourth-order valence-corrected chi connectivity index (χ4v) is 6.39. The van der Waals surface area contributed by atoms with Crippen molar-refractivity contribution in [3.8, 4) is 28.4 Å². The Hall–Kier alpha value is -3.40. The number of methoxy groups -OCH3 is 3. The van der Waals surface area contributed by atoms with Crippen LogP contribution in [0, 0.1) is 5.92 Å². The molecule has 0 bridgehead atoms. The molecule has 0 radical (unpaired) electrons. The van der Waals surface area contributed by atoms with Crippen molar-refractivity contribution >= 4 is 29.3 Å². The highest BCUT2D eigenvalue weighted by atomic mass is 32.2. The SMILES string of the molecule is COc1cc2c(c(OC)c1OC)-c1ccc(N[C@@H](C(=O)N3CCSCC3)C(C)C)c(=O)cc1[C@H](NC(C)=O)CC2. The lowest BCUT2D eigenvalue weighted by Crippen LogP contribution is -2.49. The van der Waals surface area contributed by atoms with Gasteiger partial charge >= 0.3 is 0 Å². The molecule has 1 fully saturated rings. The number of aryl methyl sites for hydroxylation is 1. The van der Waals surface area contributed by atoms with Crippen molar-refractivity contribution in [3.05, 3.63) is 45.6 Å². The quantitative estimate of drug-likeness (QED) is 0.494. The summed E-state index contributed by atoms with van der Waals surface area (Å²) in [6.45, 7) is 6.83. The molecule has 2 amide bonds. The topological polar surface area (TPSA) is 106 Å². The number of nitrogens with zero attached hydrogens (tertiary/aromatic N) is 1. The van der Waals surface area contributed by atoms with Crippen LogP contribution in [0.1, 0.15) is 44.4 Å². The number of anilines is 1.